The van der Waals surface area contributed by atoms with E-state index in [9.17, 15) is 4.79 Å². The van der Waals surface area contributed by atoms with Crippen molar-refractivity contribution in [1.82, 2.24) is 0 Å². The van der Waals surface area contributed by atoms with Gasteiger partial charge in [-0.25, -0.2) is 0 Å². The van der Waals surface area contributed by atoms with Crippen molar-refractivity contribution < 1.29 is 4.79 Å². The van der Waals surface area contributed by atoms with Crippen LogP contribution in [0.2, 0.25) is 0 Å². The lowest BCUT2D eigenvalue weighted by molar-refractivity contribution is -0.113. The van der Waals surface area contributed by atoms with E-state index in [-0.39, 0.29) is 5.41 Å². The fraction of sp³-hybridized carbons (Fsp3) is 0.562. The van der Waals surface area contributed by atoms with Crippen molar-refractivity contribution in [2.24, 2.45) is 0 Å². The molecule has 0 spiro atoms. The van der Waals surface area contributed by atoms with Gasteiger partial charge in [-0.15, -0.1) is 0 Å². The van der Waals surface area contributed by atoms with E-state index in [1.165, 1.54) is 47.8 Å². The van der Waals surface area contributed by atoms with Crippen LogP contribution < -0.4 is 0 Å². The van der Waals surface area contributed by atoms with Gasteiger partial charge in [0.15, 0.2) is 0 Å². The molecule has 1 aromatic rings. The fourth-order valence-corrected chi connectivity index (χ4v) is 3.57. The van der Waals surface area contributed by atoms with Crippen molar-refractivity contribution in [3.05, 3.63) is 34.4 Å². The van der Waals surface area contributed by atoms with Gasteiger partial charge in [0.1, 0.15) is 6.29 Å². The fourth-order valence-electron chi connectivity index (χ4n) is 3.57. The molecule has 1 heteroatoms. The second kappa shape index (κ2) is 4.64. The molecule has 1 nitrogen and oxygen atoms in total. The molecule has 0 unspecified atom stereocenters. The molecular formula is C16H22O. The SMILES string of the molecule is Cc1cc(C)c(C2(C=O)CCCCC2)c(C)c1. The quantitative estimate of drug-likeness (QED) is 0.701. The lowest BCUT2D eigenvalue weighted by Gasteiger charge is -2.35. The maximum absolute atomic E-state index is 11.7. The molecule has 0 bridgehead atoms. The molecule has 1 aliphatic carbocycles. The van der Waals surface area contributed by atoms with Gasteiger partial charge in [0, 0.05) is 0 Å². The van der Waals surface area contributed by atoms with Crippen LogP contribution in [0.5, 0.6) is 0 Å². The Balaban J connectivity index is 2.53. The first kappa shape index (κ1) is 12.3. The summed E-state index contributed by atoms with van der Waals surface area (Å²) in [5.74, 6) is 0. The summed E-state index contributed by atoms with van der Waals surface area (Å²) < 4.78 is 0. The summed E-state index contributed by atoms with van der Waals surface area (Å²) in [6.07, 6.45) is 6.93. The van der Waals surface area contributed by atoms with Gasteiger partial charge in [-0.05, 0) is 50.3 Å². The van der Waals surface area contributed by atoms with Gasteiger partial charge in [0.2, 0.25) is 0 Å². The van der Waals surface area contributed by atoms with Crippen molar-refractivity contribution >= 4 is 6.29 Å². The third-order valence-electron chi connectivity index (χ3n) is 4.15. The minimum atomic E-state index is -0.194. The summed E-state index contributed by atoms with van der Waals surface area (Å²) in [6.45, 7) is 6.42. The molecule has 0 N–H and O–H groups in total. The summed E-state index contributed by atoms with van der Waals surface area (Å²) in [5.41, 5.74) is 4.98. The molecule has 1 saturated carbocycles. The molecule has 0 radical (unpaired) electrons. The third kappa shape index (κ3) is 2.15. The Morgan fingerprint density at radius 3 is 2.00 bits per heavy atom. The Kier molecular flexibility index (Phi) is 3.37. The number of hydrogen-bond acceptors (Lipinski definition) is 1. The average molecular weight is 230 g/mol. The van der Waals surface area contributed by atoms with Crippen LogP contribution in [0, 0.1) is 20.8 Å². The van der Waals surface area contributed by atoms with Crippen LogP contribution in [0.15, 0.2) is 12.1 Å². The van der Waals surface area contributed by atoms with Gasteiger partial charge in [-0.3, -0.25) is 0 Å². The van der Waals surface area contributed by atoms with Crippen molar-refractivity contribution in [3.8, 4) is 0 Å². The topological polar surface area (TPSA) is 17.1 Å². The third-order valence-corrected chi connectivity index (χ3v) is 4.15. The molecule has 0 amide bonds. The summed E-state index contributed by atoms with van der Waals surface area (Å²) in [5, 5.41) is 0. The predicted octanol–water partition coefficient (Wildman–Crippen LogP) is 4.01. The van der Waals surface area contributed by atoms with Gasteiger partial charge in [-0.2, -0.15) is 0 Å². The van der Waals surface area contributed by atoms with Crippen LogP contribution in [0.4, 0.5) is 0 Å². The minimum Gasteiger partial charge on any atom is -0.302 e. The molecule has 0 aliphatic heterocycles. The zero-order valence-electron chi connectivity index (χ0n) is 11.2. The molecule has 2 rings (SSSR count). The highest BCUT2D eigenvalue weighted by atomic mass is 16.1. The largest absolute Gasteiger partial charge is 0.302 e. The number of aryl methyl sites for hydroxylation is 3. The molecule has 92 valence electrons. The Bertz CT molecular complexity index is 402. The molecule has 0 heterocycles. The van der Waals surface area contributed by atoms with Gasteiger partial charge in [-0.1, -0.05) is 37.0 Å². The van der Waals surface area contributed by atoms with E-state index in [0.717, 1.165) is 12.8 Å². The zero-order valence-corrected chi connectivity index (χ0v) is 11.2. The lowest BCUT2D eigenvalue weighted by Crippen LogP contribution is -2.32. The summed E-state index contributed by atoms with van der Waals surface area (Å²) in [7, 11) is 0. The Morgan fingerprint density at radius 1 is 1.00 bits per heavy atom. The average Bonchev–Trinajstić information content (AvgIpc) is 2.28. The first-order chi connectivity index (χ1) is 8.09. The van der Waals surface area contributed by atoms with Gasteiger partial charge in [0.05, 0.1) is 5.41 Å². The number of carbonyl (C=O) groups excluding carboxylic acids is 1. The zero-order chi connectivity index (χ0) is 12.5. The molecule has 0 atom stereocenters. The van der Waals surface area contributed by atoms with Crippen molar-refractivity contribution in [3.63, 3.8) is 0 Å². The van der Waals surface area contributed by atoms with Crippen LogP contribution >= 0.6 is 0 Å². The molecule has 0 saturated heterocycles. The van der Waals surface area contributed by atoms with E-state index in [4.69, 9.17) is 0 Å². The van der Waals surface area contributed by atoms with E-state index in [2.05, 4.69) is 32.9 Å². The van der Waals surface area contributed by atoms with E-state index < -0.39 is 0 Å². The first-order valence-electron chi connectivity index (χ1n) is 6.64. The molecular weight excluding hydrogens is 208 g/mol. The normalized spacial score (nSPS) is 19.0. The van der Waals surface area contributed by atoms with Crippen molar-refractivity contribution in [1.29, 1.82) is 0 Å². The second-order valence-corrected chi connectivity index (χ2v) is 5.61. The van der Waals surface area contributed by atoms with E-state index >= 15 is 0 Å². The highest BCUT2D eigenvalue weighted by Crippen LogP contribution is 2.41. The Hall–Kier alpha value is -1.11. The number of rotatable bonds is 2. The van der Waals surface area contributed by atoms with Crippen LogP contribution in [-0.4, -0.2) is 6.29 Å². The number of benzene rings is 1. The van der Waals surface area contributed by atoms with Crippen molar-refractivity contribution in [2.75, 3.05) is 0 Å². The summed E-state index contributed by atoms with van der Waals surface area (Å²) >= 11 is 0. The molecule has 1 aromatic carbocycles. The monoisotopic (exact) mass is 230 g/mol. The van der Waals surface area contributed by atoms with Gasteiger partial charge in [0.25, 0.3) is 0 Å². The maximum atomic E-state index is 11.7. The van der Waals surface area contributed by atoms with Crippen LogP contribution in [0.3, 0.4) is 0 Å². The van der Waals surface area contributed by atoms with Crippen molar-refractivity contribution in [2.45, 2.75) is 58.3 Å². The van der Waals surface area contributed by atoms with Crippen LogP contribution in [0.1, 0.15) is 54.4 Å². The van der Waals surface area contributed by atoms with E-state index in [1.54, 1.807) is 0 Å². The maximum Gasteiger partial charge on any atom is 0.130 e. The Morgan fingerprint density at radius 2 is 1.53 bits per heavy atom. The van der Waals surface area contributed by atoms with Crippen LogP contribution in [0.25, 0.3) is 0 Å². The Labute approximate surface area is 104 Å². The lowest BCUT2D eigenvalue weighted by atomic mass is 9.68. The molecule has 0 aromatic heterocycles. The number of hydrogen-bond donors (Lipinski definition) is 0. The van der Waals surface area contributed by atoms with Crippen LogP contribution in [-0.2, 0) is 10.2 Å². The molecule has 17 heavy (non-hydrogen) atoms. The van der Waals surface area contributed by atoms with E-state index in [0.29, 0.717) is 0 Å². The summed E-state index contributed by atoms with van der Waals surface area (Å²) in [4.78, 5) is 11.7. The van der Waals surface area contributed by atoms with Gasteiger partial charge < -0.3 is 4.79 Å². The highest BCUT2D eigenvalue weighted by Gasteiger charge is 2.35. The predicted molar refractivity (Wildman–Crippen MR) is 71.5 cm³/mol. The number of carbonyl (C=O) groups is 1. The molecule has 1 aliphatic rings. The second-order valence-electron chi connectivity index (χ2n) is 5.61. The summed E-state index contributed by atoms with van der Waals surface area (Å²) in [6, 6.07) is 4.42. The smallest absolute Gasteiger partial charge is 0.130 e. The van der Waals surface area contributed by atoms with Gasteiger partial charge >= 0.3 is 0 Å². The minimum absolute atomic E-state index is 0.194. The number of aldehydes is 1. The first-order valence-corrected chi connectivity index (χ1v) is 6.64. The van der Waals surface area contributed by atoms with E-state index in [1.807, 2.05) is 0 Å². The standard InChI is InChI=1S/C16H22O/c1-12-9-13(2)15(14(3)10-12)16(11-17)7-5-4-6-8-16/h9-11H,4-8H2,1-3H3. The molecule has 1 fully saturated rings. The highest BCUT2D eigenvalue weighted by molar-refractivity contribution is 5.71.